The molecule has 1 fully saturated rings. The molecule has 1 aromatic carbocycles. The van der Waals surface area contributed by atoms with Gasteiger partial charge < -0.3 is 16.0 Å². The van der Waals surface area contributed by atoms with Gasteiger partial charge in [0.2, 0.25) is 11.8 Å². The van der Waals surface area contributed by atoms with E-state index in [1.54, 1.807) is 0 Å². The quantitative estimate of drug-likeness (QED) is 0.622. The van der Waals surface area contributed by atoms with Gasteiger partial charge in [-0.15, -0.1) is 0 Å². The van der Waals surface area contributed by atoms with Gasteiger partial charge in [0.25, 0.3) is 0 Å². The summed E-state index contributed by atoms with van der Waals surface area (Å²) >= 11 is 0. The van der Waals surface area contributed by atoms with Crippen molar-refractivity contribution in [2.45, 2.75) is 39.0 Å². The molecule has 2 rings (SSSR count). The summed E-state index contributed by atoms with van der Waals surface area (Å²) in [7, 11) is 0. The topological polar surface area (TPSA) is 75.4 Å². The third-order valence-electron chi connectivity index (χ3n) is 4.31. The fraction of sp³-hybridized carbons (Fsp3) is 0.556. The summed E-state index contributed by atoms with van der Waals surface area (Å²) in [5, 5.41) is 2.98. The summed E-state index contributed by atoms with van der Waals surface area (Å²) in [6, 6.07) is 7.38. The Morgan fingerprint density at radius 3 is 2.74 bits per heavy atom. The predicted octanol–water partition coefficient (Wildman–Crippen LogP) is 1.97. The smallest absolute Gasteiger partial charge is 0.227 e. The van der Waals surface area contributed by atoms with E-state index in [9.17, 15) is 9.59 Å². The zero-order chi connectivity index (χ0) is 16.7. The van der Waals surface area contributed by atoms with E-state index in [4.69, 9.17) is 5.73 Å². The van der Waals surface area contributed by atoms with E-state index in [-0.39, 0.29) is 17.7 Å². The lowest BCUT2D eigenvalue weighted by molar-refractivity contribution is -0.135. The minimum Gasteiger partial charge on any atom is -0.399 e. The zero-order valence-corrected chi connectivity index (χ0v) is 13.9. The van der Waals surface area contributed by atoms with Crippen LogP contribution in [0.5, 0.6) is 0 Å². The van der Waals surface area contributed by atoms with Crippen LogP contribution in [0.1, 0.15) is 38.2 Å². The normalized spacial score (nSPS) is 17.8. The molecule has 0 aliphatic carbocycles. The number of nitrogen functional groups attached to an aromatic ring is 1. The molecule has 23 heavy (non-hydrogen) atoms. The van der Waals surface area contributed by atoms with E-state index in [1.807, 2.05) is 29.2 Å². The molecule has 0 spiro atoms. The number of amides is 2. The van der Waals surface area contributed by atoms with Gasteiger partial charge in [-0.2, -0.15) is 0 Å². The van der Waals surface area contributed by atoms with Crippen LogP contribution in [0.2, 0.25) is 0 Å². The molecule has 3 N–H and O–H groups in total. The van der Waals surface area contributed by atoms with Gasteiger partial charge in [0.15, 0.2) is 0 Å². The molecule has 0 aromatic heterocycles. The average Bonchev–Trinajstić information content (AvgIpc) is 2.57. The summed E-state index contributed by atoms with van der Waals surface area (Å²) < 4.78 is 0. The number of unbranched alkanes of at least 4 members (excludes halogenated alkanes) is 1. The molecule has 2 amide bonds. The first-order valence-electron chi connectivity index (χ1n) is 8.50. The SMILES string of the molecule is CCCCNC(=O)C1CCCN(C(=O)Cc2ccc(N)cc2)C1. The lowest BCUT2D eigenvalue weighted by atomic mass is 9.96. The summed E-state index contributed by atoms with van der Waals surface area (Å²) in [5.74, 6) is 0.0974. The van der Waals surface area contributed by atoms with Crippen LogP contribution < -0.4 is 11.1 Å². The Hall–Kier alpha value is -2.04. The van der Waals surface area contributed by atoms with E-state index in [0.717, 1.165) is 44.3 Å². The monoisotopic (exact) mass is 317 g/mol. The van der Waals surface area contributed by atoms with Crippen LogP contribution in [0.4, 0.5) is 5.69 Å². The molecular formula is C18H27N3O2. The fourth-order valence-electron chi connectivity index (χ4n) is 2.87. The molecule has 1 heterocycles. The number of hydrogen-bond acceptors (Lipinski definition) is 3. The van der Waals surface area contributed by atoms with Crippen LogP contribution >= 0.6 is 0 Å². The molecule has 1 unspecified atom stereocenters. The number of anilines is 1. The highest BCUT2D eigenvalue weighted by molar-refractivity contribution is 5.82. The second kappa shape index (κ2) is 8.56. The minimum atomic E-state index is -0.0732. The Balaban J connectivity index is 1.85. The molecule has 1 aliphatic heterocycles. The summed E-state index contributed by atoms with van der Waals surface area (Å²) in [6.07, 6.45) is 4.18. The van der Waals surface area contributed by atoms with Crippen LogP contribution in [0, 0.1) is 5.92 Å². The first-order chi connectivity index (χ1) is 11.1. The number of nitrogens with zero attached hydrogens (tertiary/aromatic N) is 1. The van der Waals surface area contributed by atoms with Gasteiger partial charge in [-0.25, -0.2) is 0 Å². The molecule has 0 radical (unpaired) electrons. The third-order valence-corrected chi connectivity index (χ3v) is 4.31. The van der Waals surface area contributed by atoms with E-state index in [1.165, 1.54) is 0 Å². The molecule has 1 atom stereocenters. The van der Waals surface area contributed by atoms with Crippen molar-refractivity contribution >= 4 is 17.5 Å². The van der Waals surface area contributed by atoms with Gasteiger partial charge in [-0.05, 0) is 37.0 Å². The Kier molecular flexibility index (Phi) is 6.44. The number of nitrogens with one attached hydrogen (secondary N) is 1. The third kappa shape index (κ3) is 5.27. The Morgan fingerprint density at radius 1 is 1.30 bits per heavy atom. The van der Waals surface area contributed by atoms with E-state index >= 15 is 0 Å². The first kappa shape index (κ1) is 17.3. The Bertz CT molecular complexity index is 528. The van der Waals surface area contributed by atoms with Crippen molar-refractivity contribution in [3.8, 4) is 0 Å². The number of nitrogens with two attached hydrogens (primary N) is 1. The van der Waals surface area contributed by atoms with Crippen molar-refractivity contribution in [1.29, 1.82) is 0 Å². The van der Waals surface area contributed by atoms with Crippen LogP contribution in [0.25, 0.3) is 0 Å². The van der Waals surface area contributed by atoms with Crippen molar-refractivity contribution in [3.05, 3.63) is 29.8 Å². The van der Waals surface area contributed by atoms with Crippen molar-refractivity contribution in [3.63, 3.8) is 0 Å². The molecule has 1 aromatic rings. The molecule has 1 saturated heterocycles. The highest BCUT2D eigenvalue weighted by Crippen LogP contribution is 2.18. The largest absolute Gasteiger partial charge is 0.399 e. The standard InChI is InChI=1S/C18H27N3O2/c1-2-3-10-20-18(23)15-5-4-11-21(13-15)17(22)12-14-6-8-16(19)9-7-14/h6-9,15H,2-5,10-13,19H2,1H3,(H,20,23). The van der Waals surface area contributed by atoms with Gasteiger partial charge in [0.05, 0.1) is 12.3 Å². The second-order valence-corrected chi connectivity index (χ2v) is 6.24. The maximum atomic E-state index is 12.4. The zero-order valence-electron chi connectivity index (χ0n) is 13.9. The van der Waals surface area contributed by atoms with Crippen molar-refractivity contribution in [2.75, 3.05) is 25.4 Å². The number of rotatable bonds is 6. The van der Waals surface area contributed by atoms with Crippen molar-refractivity contribution in [2.24, 2.45) is 5.92 Å². The van der Waals surface area contributed by atoms with Gasteiger partial charge in [-0.3, -0.25) is 9.59 Å². The maximum Gasteiger partial charge on any atom is 0.227 e. The Morgan fingerprint density at radius 2 is 2.04 bits per heavy atom. The molecule has 5 heteroatoms. The second-order valence-electron chi connectivity index (χ2n) is 6.24. The fourth-order valence-corrected chi connectivity index (χ4v) is 2.87. The number of benzene rings is 1. The van der Waals surface area contributed by atoms with Crippen LogP contribution in [-0.4, -0.2) is 36.3 Å². The first-order valence-corrected chi connectivity index (χ1v) is 8.50. The number of hydrogen-bond donors (Lipinski definition) is 2. The molecule has 5 nitrogen and oxygen atoms in total. The van der Waals surface area contributed by atoms with Crippen LogP contribution in [0.3, 0.4) is 0 Å². The summed E-state index contributed by atoms with van der Waals surface area (Å²) in [5.41, 5.74) is 7.32. The predicted molar refractivity (Wildman–Crippen MR) is 91.8 cm³/mol. The molecular weight excluding hydrogens is 290 g/mol. The number of carbonyl (C=O) groups is 2. The minimum absolute atomic E-state index is 0.0732. The number of likely N-dealkylation sites (tertiary alicyclic amines) is 1. The molecule has 1 aliphatic rings. The summed E-state index contributed by atoms with van der Waals surface area (Å²) in [6.45, 7) is 4.11. The summed E-state index contributed by atoms with van der Waals surface area (Å²) in [4.78, 5) is 26.4. The van der Waals surface area contributed by atoms with Gasteiger partial charge in [0.1, 0.15) is 0 Å². The van der Waals surface area contributed by atoms with E-state index < -0.39 is 0 Å². The lowest BCUT2D eigenvalue weighted by Gasteiger charge is -2.32. The van der Waals surface area contributed by atoms with E-state index in [2.05, 4.69) is 12.2 Å². The average molecular weight is 317 g/mol. The molecule has 0 saturated carbocycles. The highest BCUT2D eigenvalue weighted by Gasteiger charge is 2.28. The molecule has 126 valence electrons. The van der Waals surface area contributed by atoms with Crippen LogP contribution in [0.15, 0.2) is 24.3 Å². The highest BCUT2D eigenvalue weighted by atomic mass is 16.2. The number of piperidine rings is 1. The van der Waals surface area contributed by atoms with Gasteiger partial charge >= 0.3 is 0 Å². The Labute approximate surface area is 138 Å². The van der Waals surface area contributed by atoms with E-state index in [0.29, 0.717) is 18.7 Å². The van der Waals surface area contributed by atoms with Crippen molar-refractivity contribution < 1.29 is 9.59 Å². The molecule has 0 bridgehead atoms. The van der Waals surface area contributed by atoms with Crippen LogP contribution in [-0.2, 0) is 16.0 Å². The maximum absolute atomic E-state index is 12.4. The van der Waals surface area contributed by atoms with Gasteiger partial charge in [0, 0.05) is 25.3 Å². The number of carbonyl (C=O) groups excluding carboxylic acids is 2. The lowest BCUT2D eigenvalue weighted by Crippen LogP contribution is -2.46. The van der Waals surface area contributed by atoms with Crippen molar-refractivity contribution in [1.82, 2.24) is 10.2 Å². The van der Waals surface area contributed by atoms with Gasteiger partial charge in [-0.1, -0.05) is 25.5 Å².